The van der Waals surface area contributed by atoms with Crippen molar-refractivity contribution in [3.05, 3.63) is 24.3 Å². The Morgan fingerprint density at radius 3 is 1.69 bits per heavy atom. The number of esters is 1. The smallest absolute Gasteiger partial charge is 0.465 e. The first-order valence-electron chi connectivity index (χ1n) is 23.9. The molecule has 0 heterocycles. The van der Waals surface area contributed by atoms with Gasteiger partial charge in [0, 0.05) is 19.6 Å². The molecule has 342 valence electrons. The van der Waals surface area contributed by atoms with Crippen LogP contribution in [0.2, 0.25) is 0 Å². The van der Waals surface area contributed by atoms with Crippen molar-refractivity contribution < 1.29 is 43.1 Å². The number of aliphatic hydroxyl groups excluding tert-OH is 1. The molecule has 2 N–H and O–H groups in total. The molecule has 0 amide bonds. The molecule has 0 spiro atoms. The summed E-state index contributed by atoms with van der Waals surface area (Å²) in [6.07, 6.45) is 35.4. The maximum absolute atomic E-state index is 12.9. The SMILES string of the molecule is CCCCC/C=C\C/C=C\CCCCCCCC(O)OCC(COC(=O)CCC(OCCCCCCCC)OCCCCCCCC)COC(=O)OCCCNCC. The number of nitrogens with one attached hydrogen (secondary N) is 1. The molecule has 0 saturated carbocycles. The van der Waals surface area contributed by atoms with Gasteiger partial charge >= 0.3 is 12.1 Å². The van der Waals surface area contributed by atoms with Gasteiger partial charge in [-0.25, -0.2) is 4.79 Å². The van der Waals surface area contributed by atoms with E-state index in [1.165, 1.54) is 89.9 Å². The van der Waals surface area contributed by atoms with Crippen molar-refractivity contribution in [2.45, 2.75) is 214 Å². The second kappa shape index (κ2) is 46.1. The Bertz CT molecular complexity index is 913. The Hall–Kier alpha value is -1.98. The average Bonchev–Trinajstić information content (AvgIpc) is 3.22. The van der Waals surface area contributed by atoms with Crippen molar-refractivity contribution in [1.29, 1.82) is 0 Å². The number of hydrogen-bond donors (Lipinski definition) is 2. The van der Waals surface area contributed by atoms with Crippen LogP contribution in [0.4, 0.5) is 4.79 Å². The minimum absolute atomic E-state index is 0.00908. The number of carbonyl (C=O) groups is 2. The zero-order valence-electron chi connectivity index (χ0n) is 38.0. The number of aliphatic hydroxyl groups is 1. The molecule has 2 unspecified atom stereocenters. The number of carbonyl (C=O) groups excluding carboxylic acids is 2. The van der Waals surface area contributed by atoms with E-state index in [4.69, 9.17) is 28.4 Å². The highest BCUT2D eigenvalue weighted by Crippen LogP contribution is 2.14. The molecule has 58 heavy (non-hydrogen) atoms. The van der Waals surface area contributed by atoms with Gasteiger partial charge in [-0.3, -0.25) is 4.79 Å². The largest absolute Gasteiger partial charge is 0.508 e. The average molecular weight is 826 g/mol. The van der Waals surface area contributed by atoms with E-state index < -0.39 is 24.7 Å². The van der Waals surface area contributed by atoms with Gasteiger partial charge in [-0.05, 0) is 77.3 Å². The van der Waals surface area contributed by atoms with Gasteiger partial charge in [-0.15, -0.1) is 0 Å². The topological polar surface area (TPSA) is 122 Å². The second-order valence-electron chi connectivity index (χ2n) is 15.7. The van der Waals surface area contributed by atoms with Gasteiger partial charge in [-0.1, -0.05) is 148 Å². The molecular formula is C48H91NO9. The van der Waals surface area contributed by atoms with Crippen LogP contribution in [0, 0.1) is 5.92 Å². The van der Waals surface area contributed by atoms with E-state index >= 15 is 0 Å². The number of hydrogen-bond acceptors (Lipinski definition) is 10. The van der Waals surface area contributed by atoms with Crippen molar-refractivity contribution in [3.8, 4) is 0 Å². The standard InChI is InChI=1S/C48H91NO9/c1-5-9-12-15-18-19-20-21-22-23-24-25-26-27-30-34-45(50)56-41-44(43-58-48(52)55-40-33-37-49-8-4)42-57-46(51)35-36-47(53-38-31-28-16-13-10-6-2)54-39-32-29-17-14-11-7-3/h18-19,21-22,44-45,47,49-50H,5-17,20,23-43H2,1-4H3/b19-18-,22-21-. The highest BCUT2D eigenvalue weighted by Gasteiger charge is 2.19. The van der Waals surface area contributed by atoms with E-state index in [1.807, 2.05) is 6.92 Å². The zero-order chi connectivity index (χ0) is 42.4. The summed E-state index contributed by atoms with van der Waals surface area (Å²) >= 11 is 0. The maximum atomic E-state index is 12.9. The molecule has 0 saturated heterocycles. The molecule has 0 rings (SSSR count). The predicted molar refractivity (Wildman–Crippen MR) is 238 cm³/mol. The molecule has 0 bridgehead atoms. The summed E-state index contributed by atoms with van der Waals surface area (Å²) in [5.74, 6) is -0.834. The Morgan fingerprint density at radius 1 is 0.534 bits per heavy atom. The first kappa shape index (κ1) is 56.0. The second-order valence-corrected chi connectivity index (χ2v) is 15.7. The molecule has 0 radical (unpaired) electrons. The molecule has 10 heteroatoms. The third-order valence-electron chi connectivity index (χ3n) is 10.00. The van der Waals surface area contributed by atoms with E-state index in [-0.39, 0.29) is 38.8 Å². The number of ether oxygens (including phenoxy) is 6. The van der Waals surface area contributed by atoms with Gasteiger partial charge in [0.1, 0.15) is 6.61 Å². The van der Waals surface area contributed by atoms with Crippen molar-refractivity contribution in [3.63, 3.8) is 0 Å². The summed E-state index contributed by atoms with van der Waals surface area (Å²) in [5, 5.41) is 13.8. The summed E-state index contributed by atoms with van der Waals surface area (Å²) < 4.78 is 34.1. The van der Waals surface area contributed by atoms with E-state index in [2.05, 4.69) is 50.4 Å². The minimum Gasteiger partial charge on any atom is -0.465 e. The lowest BCUT2D eigenvalue weighted by atomic mass is 10.1. The maximum Gasteiger partial charge on any atom is 0.508 e. The van der Waals surface area contributed by atoms with Gasteiger partial charge in [0.05, 0.1) is 32.2 Å². The third-order valence-corrected chi connectivity index (χ3v) is 10.00. The summed E-state index contributed by atoms with van der Waals surface area (Å²) in [6.45, 7) is 11.8. The lowest BCUT2D eigenvalue weighted by Crippen LogP contribution is -2.28. The molecular weight excluding hydrogens is 735 g/mol. The van der Waals surface area contributed by atoms with Gasteiger partial charge < -0.3 is 38.8 Å². The van der Waals surface area contributed by atoms with Gasteiger partial charge in [0.2, 0.25) is 0 Å². The van der Waals surface area contributed by atoms with E-state index in [1.54, 1.807) is 0 Å². The Balaban J connectivity index is 4.74. The summed E-state index contributed by atoms with van der Waals surface area (Å²) in [5.41, 5.74) is 0. The fraction of sp³-hybridized carbons (Fsp3) is 0.875. The van der Waals surface area contributed by atoms with E-state index in [0.717, 1.165) is 70.9 Å². The lowest BCUT2D eigenvalue weighted by molar-refractivity contribution is -0.162. The van der Waals surface area contributed by atoms with Crippen LogP contribution in [-0.4, -0.2) is 82.5 Å². The van der Waals surface area contributed by atoms with Crippen LogP contribution >= 0.6 is 0 Å². The van der Waals surface area contributed by atoms with Crippen LogP contribution in [0.5, 0.6) is 0 Å². The van der Waals surface area contributed by atoms with Crippen LogP contribution in [0.3, 0.4) is 0 Å². The van der Waals surface area contributed by atoms with Crippen LogP contribution in [0.25, 0.3) is 0 Å². The van der Waals surface area contributed by atoms with E-state index in [9.17, 15) is 14.7 Å². The summed E-state index contributed by atoms with van der Waals surface area (Å²) in [6, 6.07) is 0. The monoisotopic (exact) mass is 826 g/mol. The fourth-order valence-electron chi connectivity index (χ4n) is 6.29. The molecule has 0 aromatic heterocycles. The van der Waals surface area contributed by atoms with Crippen molar-refractivity contribution >= 4 is 12.1 Å². The van der Waals surface area contributed by atoms with Crippen LogP contribution in [0.1, 0.15) is 201 Å². The normalized spacial score (nSPS) is 12.9. The third kappa shape index (κ3) is 42.2. The van der Waals surface area contributed by atoms with Gasteiger partial charge in [-0.2, -0.15) is 0 Å². The van der Waals surface area contributed by atoms with E-state index in [0.29, 0.717) is 32.5 Å². The molecule has 0 aliphatic heterocycles. The van der Waals surface area contributed by atoms with Crippen molar-refractivity contribution in [2.75, 3.05) is 52.7 Å². The van der Waals surface area contributed by atoms with Crippen LogP contribution in [0.15, 0.2) is 24.3 Å². The zero-order valence-corrected chi connectivity index (χ0v) is 38.0. The highest BCUT2D eigenvalue weighted by atomic mass is 16.7. The Morgan fingerprint density at radius 2 is 1.07 bits per heavy atom. The quantitative estimate of drug-likeness (QED) is 0.0266. The summed E-state index contributed by atoms with van der Waals surface area (Å²) in [7, 11) is 0. The molecule has 0 aromatic rings. The lowest BCUT2D eigenvalue weighted by Gasteiger charge is -2.21. The number of allylic oxidation sites excluding steroid dienone is 4. The number of unbranched alkanes of at least 4 members (excludes halogenated alkanes) is 18. The molecule has 0 aliphatic rings. The fourth-order valence-corrected chi connectivity index (χ4v) is 6.29. The molecule has 0 aromatic carbocycles. The first-order valence-corrected chi connectivity index (χ1v) is 23.9. The van der Waals surface area contributed by atoms with Crippen molar-refractivity contribution in [1.82, 2.24) is 5.32 Å². The van der Waals surface area contributed by atoms with Crippen LogP contribution < -0.4 is 5.32 Å². The summed E-state index contributed by atoms with van der Waals surface area (Å²) in [4.78, 5) is 25.2. The molecule has 0 aliphatic carbocycles. The Labute approximate surface area is 356 Å². The van der Waals surface area contributed by atoms with Gasteiger partial charge in [0.25, 0.3) is 0 Å². The van der Waals surface area contributed by atoms with Gasteiger partial charge in [0.15, 0.2) is 12.6 Å². The van der Waals surface area contributed by atoms with Crippen LogP contribution in [-0.2, 0) is 33.2 Å². The Kier molecular flexibility index (Phi) is 44.5. The predicted octanol–water partition coefficient (Wildman–Crippen LogP) is 12.3. The van der Waals surface area contributed by atoms with Crippen molar-refractivity contribution in [2.24, 2.45) is 5.92 Å². The molecule has 2 atom stereocenters. The number of rotatable bonds is 45. The molecule has 0 fully saturated rings. The molecule has 10 nitrogen and oxygen atoms in total. The highest BCUT2D eigenvalue weighted by molar-refractivity contribution is 5.69. The first-order chi connectivity index (χ1) is 28.5. The minimum atomic E-state index is -0.942.